The molecule has 0 amide bonds. The Morgan fingerprint density at radius 3 is 1.92 bits per heavy atom. The maximum Gasteiger partial charge on any atom is 0.212 e. The van der Waals surface area contributed by atoms with Gasteiger partial charge in [-0.1, -0.05) is 0 Å². The Morgan fingerprint density at radius 2 is 1.75 bits per heavy atom. The number of hydrogen-bond acceptors (Lipinski definition) is 4. The molecule has 0 aromatic carbocycles. The average molecular weight is 170 g/mol. The summed E-state index contributed by atoms with van der Waals surface area (Å²) >= 11 is 0. The molecule has 1 aliphatic rings. The van der Waals surface area contributed by atoms with Gasteiger partial charge in [0.05, 0.1) is 0 Å². The van der Waals surface area contributed by atoms with Crippen LogP contribution in [0.3, 0.4) is 0 Å². The quantitative estimate of drug-likeness (QED) is 0.424. The first-order valence-electron chi connectivity index (χ1n) is 3.84. The molecule has 0 radical (unpaired) electrons. The lowest BCUT2D eigenvalue weighted by Crippen LogP contribution is -2.31. The van der Waals surface area contributed by atoms with Crippen molar-refractivity contribution in [1.29, 1.82) is 0 Å². The van der Waals surface area contributed by atoms with Gasteiger partial charge in [0, 0.05) is 0 Å². The van der Waals surface area contributed by atoms with Gasteiger partial charge in [0.25, 0.3) is 0 Å². The van der Waals surface area contributed by atoms with E-state index in [1.165, 1.54) is 0 Å². The molecule has 0 aliphatic carbocycles. The Balaban J connectivity index is 3.14. The molecule has 0 unspecified atom stereocenters. The van der Waals surface area contributed by atoms with Gasteiger partial charge >= 0.3 is 0 Å². The molecule has 1 heterocycles. The maximum absolute atomic E-state index is 11.5. The van der Waals surface area contributed by atoms with Crippen LogP contribution in [0.5, 0.6) is 0 Å². The van der Waals surface area contributed by atoms with E-state index in [4.69, 9.17) is 10.6 Å². The Kier molecular flexibility index (Phi) is 1.76. The second kappa shape index (κ2) is 2.29. The molecule has 0 saturated carbocycles. The van der Waals surface area contributed by atoms with E-state index in [2.05, 4.69) is 5.10 Å². The van der Waals surface area contributed by atoms with Gasteiger partial charge < -0.3 is 10.6 Å². The third-order valence-electron chi connectivity index (χ3n) is 1.97. The average Bonchev–Trinajstić information content (AvgIpc) is 1.98. The highest BCUT2D eigenvalue weighted by molar-refractivity contribution is 6.46. The fraction of sp³-hybridized carbons (Fsp3) is 0.750. The fourth-order valence-corrected chi connectivity index (χ4v) is 1.51. The predicted molar refractivity (Wildman–Crippen MR) is 45.9 cm³/mol. The minimum atomic E-state index is -0.790. The first-order valence-corrected chi connectivity index (χ1v) is 3.84. The van der Waals surface area contributed by atoms with Gasteiger partial charge in [-0.15, -0.1) is 0 Å². The van der Waals surface area contributed by atoms with Crippen molar-refractivity contribution in [2.24, 2.45) is 10.9 Å². The molecule has 4 nitrogen and oxygen atoms in total. The molecule has 1 aliphatic heterocycles. The molecule has 68 valence electrons. The summed E-state index contributed by atoms with van der Waals surface area (Å²) in [5.74, 6) is 4.98. The number of carbonyl (C=O) groups is 1. The van der Waals surface area contributed by atoms with Crippen molar-refractivity contribution in [1.82, 2.24) is 0 Å². The summed E-state index contributed by atoms with van der Waals surface area (Å²) < 4.78 is 5.49. The summed E-state index contributed by atoms with van der Waals surface area (Å²) in [7, 11) is 0. The van der Waals surface area contributed by atoms with E-state index in [1.807, 2.05) is 0 Å². The Morgan fingerprint density at radius 1 is 1.25 bits per heavy atom. The SMILES string of the molecule is CC1(C)OC(C)(C)/C(=N/N)C1=O. The number of carbonyl (C=O) groups excluding carboxylic acids is 1. The van der Waals surface area contributed by atoms with Crippen LogP contribution in [0.2, 0.25) is 0 Å². The van der Waals surface area contributed by atoms with E-state index in [-0.39, 0.29) is 5.78 Å². The number of nitrogens with zero attached hydrogens (tertiary/aromatic N) is 1. The van der Waals surface area contributed by atoms with Crippen molar-refractivity contribution in [3.63, 3.8) is 0 Å². The van der Waals surface area contributed by atoms with Crippen molar-refractivity contribution < 1.29 is 9.53 Å². The smallest absolute Gasteiger partial charge is 0.212 e. The van der Waals surface area contributed by atoms with Gasteiger partial charge in [-0.05, 0) is 27.7 Å². The summed E-state index contributed by atoms with van der Waals surface area (Å²) in [6, 6.07) is 0. The van der Waals surface area contributed by atoms with E-state index in [9.17, 15) is 4.79 Å². The van der Waals surface area contributed by atoms with E-state index in [0.29, 0.717) is 5.71 Å². The lowest BCUT2D eigenvalue weighted by molar-refractivity contribution is -0.131. The number of ketones is 1. The molecule has 0 atom stereocenters. The molecule has 0 spiro atoms. The second-order valence-corrected chi connectivity index (χ2v) is 3.93. The summed E-state index contributed by atoms with van der Waals surface area (Å²) in [5, 5.41) is 3.46. The number of ether oxygens (including phenoxy) is 1. The van der Waals surface area contributed by atoms with Crippen LogP contribution in [0.25, 0.3) is 0 Å². The van der Waals surface area contributed by atoms with Crippen molar-refractivity contribution >= 4 is 11.5 Å². The second-order valence-electron chi connectivity index (χ2n) is 3.93. The van der Waals surface area contributed by atoms with Gasteiger partial charge in [-0.25, -0.2) is 0 Å². The highest BCUT2D eigenvalue weighted by Gasteiger charge is 2.50. The first-order chi connectivity index (χ1) is 5.31. The number of Topliss-reactive ketones (excluding diaryl/α,β-unsaturated/α-hetero) is 1. The van der Waals surface area contributed by atoms with Crippen molar-refractivity contribution in [2.45, 2.75) is 38.9 Å². The summed E-state index contributed by atoms with van der Waals surface area (Å²) in [6.45, 7) is 7.00. The van der Waals surface area contributed by atoms with Crippen LogP contribution in [0.4, 0.5) is 0 Å². The van der Waals surface area contributed by atoms with Crippen LogP contribution in [-0.2, 0) is 9.53 Å². The molecule has 0 aromatic heterocycles. The van der Waals surface area contributed by atoms with Gasteiger partial charge in [0.1, 0.15) is 16.9 Å². The summed E-state index contributed by atoms with van der Waals surface area (Å²) in [5.41, 5.74) is -1.13. The normalized spacial score (nSPS) is 29.7. The van der Waals surface area contributed by atoms with Gasteiger partial charge in [-0.3, -0.25) is 4.79 Å². The zero-order valence-electron chi connectivity index (χ0n) is 7.84. The van der Waals surface area contributed by atoms with E-state index >= 15 is 0 Å². The highest BCUT2D eigenvalue weighted by atomic mass is 16.5. The molecular formula is C8H14N2O2. The van der Waals surface area contributed by atoms with E-state index < -0.39 is 11.2 Å². The predicted octanol–water partition coefficient (Wildman–Crippen LogP) is 0.458. The van der Waals surface area contributed by atoms with Gasteiger partial charge in [-0.2, -0.15) is 5.10 Å². The van der Waals surface area contributed by atoms with E-state index in [0.717, 1.165) is 0 Å². The van der Waals surface area contributed by atoms with Crippen LogP contribution in [-0.4, -0.2) is 22.7 Å². The van der Waals surface area contributed by atoms with Crippen molar-refractivity contribution in [2.75, 3.05) is 0 Å². The zero-order chi connectivity index (χ0) is 9.57. The number of rotatable bonds is 0. The number of hydrazone groups is 1. The number of hydrogen-bond donors (Lipinski definition) is 1. The van der Waals surface area contributed by atoms with Gasteiger partial charge in [0.15, 0.2) is 0 Å². The maximum atomic E-state index is 11.5. The monoisotopic (exact) mass is 170 g/mol. The summed E-state index contributed by atoms with van der Waals surface area (Å²) in [6.07, 6.45) is 0. The Hall–Kier alpha value is -0.900. The van der Waals surface area contributed by atoms with Crippen LogP contribution in [0.15, 0.2) is 5.10 Å². The largest absolute Gasteiger partial charge is 0.355 e. The highest BCUT2D eigenvalue weighted by Crippen LogP contribution is 2.31. The zero-order valence-corrected chi connectivity index (χ0v) is 7.84. The third-order valence-corrected chi connectivity index (χ3v) is 1.97. The lowest BCUT2D eigenvalue weighted by Gasteiger charge is -2.20. The first kappa shape index (κ1) is 9.19. The van der Waals surface area contributed by atoms with Crippen LogP contribution in [0, 0.1) is 0 Å². The standard InChI is InChI=1S/C8H14N2O2/c1-7(2)5(10-9)6(11)8(3,4)12-7/h9H2,1-4H3/b10-5+. The molecule has 1 rings (SSSR count). The van der Waals surface area contributed by atoms with Crippen LogP contribution in [0.1, 0.15) is 27.7 Å². The van der Waals surface area contributed by atoms with E-state index in [1.54, 1.807) is 27.7 Å². The Bertz CT molecular complexity index is 254. The molecule has 0 aromatic rings. The molecular weight excluding hydrogens is 156 g/mol. The fourth-order valence-electron chi connectivity index (χ4n) is 1.51. The summed E-state index contributed by atoms with van der Waals surface area (Å²) in [4.78, 5) is 11.5. The van der Waals surface area contributed by atoms with Gasteiger partial charge in [0.2, 0.25) is 5.78 Å². The molecule has 4 heteroatoms. The Labute approximate surface area is 71.8 Å². The minimum absolute atomic E-state index is 0.130. The molecule has 1 saturated heterocycles. The lowest BCUT2D eigenvalue weighted by atomic mass is 9.97. The molecule has 12 heavy (non-hydrogen) atoms. The van der Waals surface area contributed by atoms with Crippen molar-refractivity contribution in [3.05, 3.63) is 0 Å². The topological polar surface area (TPSA) is 64.7 Å². The minimum Gasteiger partial charge on any atom is -0.355 e. The van der Waals surface area contributed by atoms with Crippen molar-refractivity contribution in [3.8, 4) is 0 Å². The van der Waals surface area contributed by atoms with Crippen LogP contribution < -0.4 is 5.84 Å². The molecule has 1 fully saturated rings. The van der Waals surface area contributed by atoms with Crippen LogP contribution >= 0.6 is 0 Å². The molecule has 2 N–H and O–H groups in total. The third kappa shape index (κ3) is 1.12. The molecule has 0 bridgehead atoms. The number of nitrogens with two attached hydrogens (primary N) is 1.